The van der Waals surface area contributed by atoms with E-state index in [1.54, 1.807) is 14.2 Å². The summed E-state index contributed by atoms with van der Waals surface area (Å²) < 4.78 is 23.9. The molecule has 0 aliphatic carbocycles. The van der Waals surface area contributed by atoms with Crippen molar-refractivity contribution in [1.29, 1.82) is 0 Å². The Balaban J connectivity index is 1.53. The highest BCUT2D eigenvalue weighted by molar-refractivity contribution is 5.82. The first kappa shape index (κ1) is 22.6. The fourth-order valence-electron chi connectivity index (χ4n) is 4.81. The molecule has 2 aliphatic rings. The number of nitrogens with zero attached hydrogens (tertiary/aromatic N) is 2. The number of rotatable bonds is 8. The van der Waals surface area contributed by atoms with Gasteiger partial charge in [-0.25, -0.2) is 4.39 Å². The van der Waals surface area contributed by atoms with Crippen LogP contribution in [0, 0.1) is 11.7 Å². The molecule has 6 nitrogen and oxygen atoms in total. The number of amides is 1. The Bertz CT molecular complexity index is 921. The van der Waals surface area contributed by atoms with Crippen molar-refractivity contribution in [3.8, 4) is 5.75 Å². The molecular formula is C25H32FN3O3. The van der Waals surface area contributed by atoms with E-state index in [-0.39, 0.29) is 23.7 Å². The third-order valence-electron chi connectivity index (χ3n) is 6.49. The summed E-state index contributed by atoms with van der Waals surface area (Å²) in [4.78, 5) is 17.9. The number of hydrogen-bond acceptors (Lipinski definition) is 5. The van der Waals surface area contributed by atoms with Crippen LogP contribution in [0.15, 0.2) is 42.5 Å². The molecule has 1 amide bonds. The van der Waals surface area contributed by atoms with E-state index in [9.17, 15) is 9.18 Å². The van der Waals surface area contributed by atoms with Gasteiger partial charge in [-0.2, -0.15) is 0 Å². The number of carbonyl (C=O) groups is 1. The topological polar surface area (TPSA) is 54.0 Å². The van der Waals surface area contributed by atoms with E-state index in [1.807, 2.05) is 18.2 Å². The molecule has 0 aromatic heterocycles. The van der Waals surface area contributed by atoms with E-state index < -0.39 is 0 Å². The van der Waals surface area contributed by atoms with Gasteiger partial charge in [-0.1, -0.05) is 18.2 Å². The van der Waals surface area contributed by atoms with Crippen LogP contribution >= 0.6 is 0 Å². The van der Waals surface area contributed by atoms with E-state index in [0.29, 0.717) is 19.6 Å². The smallest absolute Gasteiger partial charge is 0.225 e. The molecule has 0 unspecified atom stereocenters. The van der Waals surface area contributed by atoms with Crippen LogP contribution < -0.4 is 15.0 Å². The van der Waals surface area contributed by atoms with Crippen molar-refractivity contribution in [2.45, 2.75) is 25.4 Å². The fraction of sp³-hybridized carbons (Fsp3) is 0.480. The number of methoxy groups -OCH3 is 2. The SMILES string of the molecule is COCCCNC(=O)[C@@H]1Cc2ccc(OC)cc2N2CCN(Cc3ccc(F)cc3)C[C@@H]12. The molecule has 0 radical (unpaired) electrons. The Morgan fingerprint density at radius 1 is 1.16 bits per heavy atom. The maximum atomic E-state index is 13.3. The highest BCUT2D eigenvalue weighted by Gasteiger charge is 2.41. The summed E-state index contributed by atoms with van der Waals surface area (Å²) in [6, 6.07) is 12.9. The molecule has 7 heteroatoms. The Labute approximate surface area is 189 Å². The van der Waals surface area contributed by atoms with Crippen LogP contribution in [-0.2, 0) is 22.5 Å². The lowest BCUT2D eigenvalue weighted by molar-refractivity contribution is -0.126. The minimum absolute atomic E-state index is 0.0752. The standard InChI is InChI=1S/C25H32FN3O3/c1-31-13-3-10-27-25(30)22-14-19-6-9-21(32-2)15-23(19)29-12-11-28(17-24(22)29)16-18-4-7-20(26)8-5-18/h4-9,15,22,24H,3,10-14,16-17H2,1-2H3,(H,27,30)/t22-,24+/m1/s1. The number of halogens is 1. The molecule has 1 saturated heterocycles. The predicted molar refractivity (Wildman–Crippen MR) is 123 cm³/mol. The van der Waals surface area contributed by atoms with Gasteiger partial charge < -0.3 is 19.7 Å². The number of hydrogen-bond donors (Lipinski definition) is 1. The Morgan fingerprint density at radius 2 is 1.97 bits per heavy atom. The molecule has 0 spiro atoms. The third kappa shape index (κ3) is 5.05. The first-order chi connectivity index (χ1) is 15.6. The van der Waals surface area contributed by atoms with Gasteiger partial charge >= 0.3 is 0 Å². The van der Waals surface area contributed by atoms with Crippen molar-refractivity contribution in [3.05, 3.63) is 59.4 Å². The fourth-order valence-corrected chi connectivity index (χ4v) is 4.81. The highest BCUT2D eigenvalue weighted by atomic mass is 19.1. The van der Waals surface area contributed by atoms with E-state index in [2.05, 4.69) is 27.2 Å². The van der Waals surface area contributed by atoms with Crippen LogP contribution in [0.3, 0.4) is 0 Å². The molecule has 0 bridgehead atoms. The zero-order valence-corrected chi connectivity index (χ0v) is 18.9. The van der Waals surface area contributed by atoms with Gasteiger partial charge in [-0.05, 0) is 42.2 Å². The second kappa shape index (κ2) is 10.3. The molecule has 2 aromatic rings. The van der Waals surface area contributed by atoms with Crippen LogP contribution in [0.4, 0.5) is 10.1 Å². The van der Waals surface area contributed by atoms with Crippen molar-refractivity contribution in [3.63, 3.8) is 0 Å². The van der Waals surface area contributed by atoms with E-state index in [4.69, 9.17) is 9.47 Å². The second-order valence-electron chi connectivity index (χ2n) is 8.56. The number of ether oxygens (including phenoxy) is 2. The van der Waals surface area contributed by atoms with Crippen LogP contribution in [0.2, 0.25) is 0 Å². The van der Waals surface area contributed by atoms with Crippen LogP contribution in [0.1, 0.15) is 17.5 Å². The van der Waals surface area contributed by atoms with Gasteiger partial charge in [0.15, 0.2) is 0 Å². The van der Waals surface area contributed by atoms with Gasteiger partial charge in [0.05, 0.1) is 19.1 Å². The molecule has 1 N–H and O–H groups in total. The van der Waals surface area contributed by atoms with E-state index >= 15 is 0 Å². The lowest BCUT2D eigenvalue weighted by atomic mass is 9.83. The average molecular weight is 442 g/mol. The zero-order chi connectivity index (χ0) is 22.5. The highest BCUT2D eigenvalue weighted by Crippen LogP contribution is 2.38. The summed E-state index contributed by atoms with van der Waals surface area (Å²) >= 11 is 0. The summed E-state index contributed by atoms with van der Waals surface area (Å²) in [5.74, 6) is 0.580. The van der Waals surface area contributed by atoms with Crippen molar-refractivity contribution < 1.29 is 18.7 Å². The van der Waals surface area contributed by atoms with Gasteiger partial charge in [-0.15, -0.1) is 0 Å². The first-order valence-electron chi connectivity index (χ1n) is 11.3. The molecule has 4 rings (SSSR count). The van der Waals surface area contributed by atoms with Crippen LogP contribution in [-0.4, -0.2) is 63.9 Å². The molecule has 2 aromatic carbocycles. The number of anilines is 1. The first-order valence-corrected chi connectivity index (χ1v) is 11.3. The van der Waals surface area contributed by atoms with E-state index in [1.165, 1.54) is 23.4 Å². The molecule has 2 heterocycles. The summed E-state index contributed by atoms with van der Waals surface area (Å²) in [5, 5.41) is 3.11. The van der Waals surface area contributed by atoms with Crippen molar-refractivity contribution >= 4 is 11.6 Å². The normalized spacial score (nSPS) is 20.4. The van der Waals surface area contributed by atoms with Crippen LogP contribution in [0.5, 0.6) is 5.75 Å². The third-order valence-corrected chi connectivity index (χ3v) is 6.49. The Morgan fingerprint density at radius 3 is 2.72 bits per heavy atom. The van der Waals surface area contributed by atoms with Gasteiger partial charge in [0.1, 0.15) is 11.6 Å². The average Bonchev–Trinajstić information content (AvgIpc) is 2.82. The zero-order valence-electron chi connectivity index (χ0n) is 18.9. The number of carbonyl (C=O) groups excluding carboxylic acids is 1. The van der Waals surface area contributed by atoms with E-state index in [0.717, 1.165) is 43.9 Å². The maximum Gasteiger partial charge on any atom is 0.225 e. The number of benzene rings is 2. The molecule has 2 aliphatic heterocycles. The van der Waals surface area contributed by atoms with Crippen LogP contribution in [0.25, 0.3) is 0 Å². The summed E-state index contributed by atoms with van der Waals surface area (Å²) in [7, 11) is 3.35. The van der Waals surface area contributed by atoms with Crippen molar-refractivity contribution in [2.75, 3.05) is 51.9 Å². The monoisotopic (exact) mass is 441 g/mol. The molecule has 2 atom stereocenters. The number of nitrogens with one attached hydrogen (secondary N) is 1. The number of fused-ring (bicyclic) bond motifs is 3. The minimum Gasteiger partial charge on any atom is -0.497 e. The minimum atomic E-state index is -0.221. The second-order valence-corrected chi connectivity index (χ2v) is 8.56. The lowest BCUT2D eigenvalue weighted by Gasteiger charge is -2.49. The quantitative estimate of drug-likeness (QED) is 0.639. The molecule has 32 heavy (non-hydrogen) atoms. The molecule has 1 fully saturated rings. The van der Waals surface area contributed by atoms with Crippen molar-refractivity contribution in [2.24, 2.45) is 5.92 Å². The van der Waals surface area contributed by atoms with Gasteiger partial charge in [0, 0.05) is 58.2 Å². The van der Waals surface area contributed by atoms with Gasteiger partial charge in [-0.3, -0.25) is 9.69 Å². The number of piperazine rings is 1. The van der Waals surface area contributed by atoms with Crippen molar-refractivity contribution in [1.82, 2.24) is 10.2 Å². The summed E-state index contributed by atoms with van der Waals surface area (Å²) in [6.07, 6.45) is 1.51. The summed E-state index contributed by atoms with van der Waals surface area (Å²) in [6.45, 7) is 4.49. The van der Waals surface area contributed by atoms with Gasteiger partial charge in [0.2, 0.25) is 5.91 Å². The largest absolute Gasteiger partial charge is 0.497 e. The molecular weight excluding hydrogens is 409 g/mol. The predicted octanol–water partition coefficient (Wildman–Crippen LogP) is 2.85. The Kier molecular flexibility index (Phi) is 7.27. The van der Waals surface area contributed by atoms with Gasteiger partial charge in [0.25, 0.3) is 0 Å². The Hall–Kier alpha value is -2.64. The maximum absolute atomic E-state index is 13.3. The molecule has 172 valence electrons. The summed E-state index contributed by atoms with van der Waals surface area (Å²) in [5.41, 5.74) is 3.43. The molecule has 0 saturated carbocycles. The lowest BCUT2D eigenvalue weighted by Crippen LogP contribution is -2.60.